The third-order valence-electron chi connectivity index (χ3n) is 4.47. The van der Waals surface area contributed by atoms with Crippen LogP contribution in [0.1, 0.15) is 40.4 Å². The highest BCUT2D eigenvalue weighted by Gasteiger charge is 2.24. The summed E-state index contributed by atoms with van der Waals surface area (Å²) in [6, 6.07) is 10.8. The molecular weight excluding hydrogens is 356 g/mol. The Morgan fingerprint density at radius 2 is 1.96 bits per heavy atom. The van der Waals surface area contributed by atoms with Gasteiger partial charge in [0, 0.05) is 24.0 Å². The molecule has 3 rings (SSSR count). The van der Waals surface area contributed by atoms with Gasteiger partial charge in [-0.25, -0.2) is 8.42 Å². The van der Waals surface area contributed by atoms with Crippen molar-refractivity contribution in [3.05, 3.63) is 69.3 Å². The fourth-order valence-corrected chi connectivity index (χ4v) is 3.86. The van der Waals surface area contributed by atoms with Crippen LogP contribution in [0.5, 0.6) is 0 Å². The molecule has 1 aliphatic rings. The summed E-state index contributed by atoms with van der Waals surface area (Å²) < 4.78 is 23.6. The monoisotopic (exact) mass is 374 g/mol. The number of hydrogen-bond acceptors (Lipinski definition) is 5. The maximum atomic E-state index is 12.6. The fraction of sp³-hybridized carbons (Fsp3) is 0.278. The van der Waals surface area contributed by atoms with Crippen molar-refractivity contribution in [1.82, 2.24) is 5.32 Å². The largest absolute Gasteiger partial charge is 0.345 e. The van der Waals surface area contributed by atoms with Crippen molar-refractivity contribution in [2.24, 2.45) is 0 Å². The van der Waals surface area contributed by atoms with Crippen LogP contribution in [-0.4, -0.2) is 25.5 Å². The van der Waals surface area contributed by atoms with Gasteiger partial charge < -0.3 is 5.32 Å². The number of nitro benzene ring substituents is 1. The molecule has 0 bridgehead atoms. The number of fused-ring (bicyclic) bond motifs is 1. The van der Waals surface area contributed by atoms with Gasteiger partial charge in [-0.05, 0) is 36.5 Å². The number of aryl methyl sites for hydroxylation is 1. The minimum atomic E-state index is -3.68. The van der Waals surface area contributed by atoms with Crippen LogP contribution < -0.4 is 5.32 Å². The van der Waals surface area contributed by atoms with E-state index in [0.29, 0.717) is 0 Å². The molecule has 0 radical (unpaired) electrons. The van der Waals surface area contributed by atoms with E-state index in [0.717, 1.165) is 43.2 Å². The molecule has 2 aromatic rings. The first kappa shape index (κ1) is 18.1. The van der Waals surface area contributed by atoms with Gasteiger partial charge in [-0.2, -0.15) is 0 Å². The minimum absolute atomic E-state index is 0.0392. The minimum Gasteiger partial charge on any atom is -0.345 e. The number of carbonyl (C=O) groups excluding carboxylic acids is 1. The predicted octanol–water partition coefficient (Wildman–Crippen LogP) is 2.81. The molecule has 26 heavy (non-hydrogen) atoms. The second-order valence-corrected chi connectivity index (χ2v) is 8.38. The van der Waals surface area contributed by atoms with E-state index < -0.39 is 26.4 Å². The Labute approximate surface area is 151 Å². The Balaban J connectivity index is 1.94. The highest BCUT2D eigenvalue weighted by atomic mass is 32.2. The number of nitrogens with zero attached hydrogens (tertiary/aromatic N) is 1. The quantitative estimate of drug-likeness (QED) is 0.654. The van der Waals surface area contributed by atoms with Crippen molar-refractivity contribution in [3.8, 4) is 0 Å². The van der Waals surface area contributed by atoms with E-state index in [1.54, 1.807) is 0 Å². The van der Waals surface area contributed by atoms with E-state index in [-0.39, 0.29) is 16.5 Å². The number of non-ortho nitro benzene ring substituents is 1. The predicted molar refractivity (Wildman–Crippen MR) is 95.8 cm³/mol. The molecule has 1 atom stereocenters. The summed E-state index contributed by atoms with van der Waals surface area (Å²) in [6.07, 6.45) is 3.57. The number of carbonyl (C=O) groups is 1. The molecule has 0 saturated heterocycles. The second kappa shape index (κ2) is 6.87. The average Bonchev–Trinajstić information content (AvgIpc) is 2.61. The lowest BCUT2D eigenvalue weighted by Gasteiger charge is -2.26. The van der Waals surface area contributed by atoms with E-state index in [2.05, 4.69) is 5.32 Å². The molecular formula is C18H18N2O5S. The second-order valence-electron chi connectivity index (χ2n) is 6.36. The molecule has 1 amide bonds. The number of amides is 1. The van der Waals surface area contributed by atoms with Crippen LogP contribution in [0.2, 0.25) is 0 Å². The zero-order valence-electron chi connectivity index (χ0n) is 14.1. The van der Waals surface area contributed by atoms with E-state index in [4.69, 9.17) is 0 Å². The standard InChI is InChI=1S/C18H18N2O5S/c1-26(24,25)15-10-13(9-14(11-15)20(22)23)18(21)19-17-8-4-6-12-5-2-3-7-16(12)17/h2-3,5,7,9-11,17H,4,6,8H2,1H3,(H,19,21). The van der Waals surface area contributed by atoms with Gasteiger partial charge >= 0.3 is 0 Å². The zero-order chi connectivity index (χ0) is 18.9. The first-order chi connectivity index (χ1) is 12.3. The highest BCUT2D eigenvalue weighted by Crippen LogP contribution is 2.30. The normalized spacial score (nSPS) is 16.6. The number of nitrogens with one attached hydrogen (secondary N) is 1. The fourth-order valence-electron chi connectivity index (χ4n) is 3.18. The summed E-state index contributed by atoms with van der Waals surface area (Å²) in [5.74, 6) is -0.527. The first-order valence-corrected chi connectivity index (χ1v) is 10.0. The number of benzene rings is 2. The summed E-state index contributed by atoms with van der Waals surface area (Å²) in [5, 5.41) is 14.0. The third-order valence-corrected chi connectivity index (χ3v) is 5.56. The lowest BCUT2D eigenvalue weighted by molar-refractivity contribution is -0.385. The van der Waals surface area contributed by atoms with Crippen LogP contribution >= 0.6 is 0 Å². The summed E-state index contributed by atoms with van der Waals surface area (Å²) in [5.41, 5.74) is 1.73. The summed E-state index contributed by atoms with van der Waals surface area (Å²) in [4.78, 5) is 22.8. The first-order valence-electron chi connectivity index (χ1n) is 8.14. The highest BCUT2D eigenvalue weighted by molar-refractivity contribution is 7.90. The number of hydrogen-bond donors (Lipinski definition) is 1. The lowest BCUT2D eigenvalue weighted by Crippen LogP contribution is -2.31. The van der Waals surface area contributed by atoms with Crippen molar-refractivity contribution in [1.29, 1.82) is 0 Å². The van der Waals surface area contributed by atoms with E-state index in [1.165, 1.54) is 11.6 Å². The Hall–Kier alpha value is -2.74. The van der Waals surface area contributed by atoms with Crippen LogP contribution in [0.3, 0.4) is 0 Å². The van der Waals surface area contributed by atoms with Gasteiger partial charge in [-0.15, -0.1) is 0 Å². The van der Waals surface area contributed by atoms with Crippen molar-refractivity contribution < 1.29 is 18.1 Å². The van der Waals surface area contributed by atoms with Crippen molar-refractivity contribution >= 4 is 21.4 Å². The summed E-state index contributed by atoms with van der Waals surface area (Å²) in [7, 11) is -3.68. The van der Waals surface area contributed by atoms with Gasteiger partial charge in [-0.3, -0.25) is 14.9 Å². The van der Waals surface area contributed by atoms with Crippen molar-refractivity contribution in [2.75, 3.05) is 6.26 Å². The molecule has 8 heteroatoms. The molecule has 7 nitrogen and oxygen atoms in total. The molecule has 0 spiro atoms. The maximum absolute atomic E-state index is 12.6. The van der Waals surface area contributed by atoms with Crippen LogP contribution in [0.15, 0.2) is 47.4 Å². The molecule has 0 fully saturated rings. The van der Waals surface area contributed by atoms with Crippen LogP contribution in [0.4, 0.5) is 5.69 Å². The maximum Gasteiger partial charge on any atom is 0.271 e. The SMILES string of the molecule is CS(=O)(=O)c1cc(C(=O)NC2CCCc3ccccc32)cc([N+](=O)[O-])c1. The number of nitro groups is 1. The van der Waals surface area contributed by atoms with E-state index in [1.807, 2.05) is 24.3 Å². The Morgan fingerprint density at radius 3 is 2.65 bits per heavy atom. The van der Waals surface area contributed by atoms with Crippen LogP contribution in [-0.2, 0) is 16.3 Å². The van der Waals surface area contributed by atoms with Gasteiger partial charge in [0.1, 0.15) is 0 Å². The number of sulfone groups is 1. The lowest BCUT2D eigenvalue weighted by atomic mass is 9.87. The molecule has 0 aromatic heterocycles. The molecule has 136 valence electrons. The summed E-state index contributed by atoms with van der Waals surface area (Å²) >= 11 is 0. The number of rotatable bonds is 4. The van der Waals surface area contributed by atoms with Gasteiger partial charge in [0.15, 0.2) is 9.84 Å². The Kier molecular flexibility index (Phi) is 4.78. The molecule has 0 aliphatic heterocycles. The smallest absolute Gasteiger partial charge is 0.271 e. The van der Waals surface area contributed by atoms with Crippen molar-refractivity contribution in [3.63, 3.8) is 0 Å². The molecule has 0 saturated carbocycles. The molecule has 0 heterocycles. The molecule has 1 N–H and O–H groups in total. The Morgan fingerprint density at radius 1 is 1.23 bits per heavy atom. The topological polar surface area (TPSA) is 106 Å². The molecule has 1 aliphatic carbocycles. The Bertz CT molecular complexity index is 985. The van der Waals surface area contributed by atoms with E-state index in [9.17, 15) is 23.3 Å². The van der Waals surface area contributed by atoms with Gasteiger partial charge in [0.25, 0.3) is 11.6 Å². The van der Waals surface area contributed by atoms with Gasteiger partial charge in [0.05, 0.1) is 15.9 Å². The third kappa shape index (κ3) is 3.75. The molecule has 1 unspecified atom stereocenters. The van der Waals surface area contributed by atoms with Crippen LogP contribution in [0, 0.1) is 10.1 Å². The van der Waals surface area contributed by atoms with Crippen LogP contribution in [0.25, 0.3) is 0 Å². The zero-order valence-corrected chi connectivity index (χ0v) is 15.0. The van der Waals surface area contributed by atoms with Gasteiger partial charge in [-0.1, -0.05) is 24.3 Å². The van der Waals surface area contributed by atoms with E-state index >= 15 is 0 Å². The van der Waals surface area contributed by atoms with Crippen molar-refractivity contribution in [2.45, 2.75) is 30.2 Å². The summed E-state index contributed by atoms with van der Waals surface area (Å²) in [6.45, 7) is 0. The van der Waals surface area contributed by atoms with Gasteiger partial charge in [0.2, 0.25) is 0 Å². The average molecular weight is 374 g/mol. The molecule has 2 aromatic carbocycles.